The number of hydrogen-bond acceptors (Lipinski definition) is 4. The molecule has 0 atom stereocenters. The van der Waals surface area contributed by atoms with Gasteiger partial charge < -0.3 is 15.3 Å². The molecule has 0 radical (unpaired) electrons. The molecule has 0 aliphatic carbocycles. The van der Waals surface area contributed by atoms with E-state index in [1.54, 1.807) is 6.07 Å². The zero-order valence-corrected chi connectivity index (χ0v) is 10.4. The zero-order chi connectivity index (χ0) is 16.0. The van der Waals surface area contributed by atoms with Gasteiger partial charge in [-0.3, -0.25) is 4.79 Å². The second-order valence-corrected chi connectivity index (χ2v) is 2.90. The Morgan fingerprint density at radius 2 is 1.47 bits per heavy atom. The lowest BCUT2D eigenvalue weighted by atomic mass is 10.2. The molecule has 7 nitrogen and oxygen atoms in total. The molecule has 0 aromatic rings. The molecule has 0 aliphatic heterocycles. The van der Waals surface area contributed by atoms with E-state index in [4.69, 9.17) is 20.6 Å². The van der Waals surface area contributed by atoms with Crippen LogP contribution in [0, 0.1) is 11.3 Å². The fraction of sp³-hybridized carbons (Fsp3) is 0.167. The third kappa shape index (κ3) is 25.4. The van der Waals surface area contributed by atoms with Gasteiger partial charge in [-0.1, -0.05) is 19.7 Å². The van der Waals surface area contributed by atoms with Crippen LogP contribution in [-0.2, 0) is 14.4 Å². The summed E-state index contributed by atoms with van der Waals surface area (Å²) >= 11 is 0. The number of rotatable bonds is 4. The van der Waals surface area contributed by atoms with E-state index in [0.29, 0.717) is 0 Å². The van der Waals surface area contributed by atoms with Gasteiger partial charge in [0.15, 0.2) is 0 Å². The van der Waals surface area contributed by atoms with Crippen LogP contribution in [0.1, 0.15) is 13.3 Å². The van der Waals surface area contributed by atoms with E-state index in [1.165, 1.54) is 13.0 Å². The normalized spacial score (nSPS) is 7.16. The predicted octanol–water partition coefficient (Wildman–Crippen LogP) is 1.44. The summed E-state index contributed by atoms with van der Waals surface area (Å²) in [4.78, 5) is 29.3. The summed E-state index contributed by atoms with van der Waals surface area (Å²) in [6.45, 7) is 10.7. The minimum Gasteiger partial charge on any atom is -0.481 e. The van der Waals surface area contributed by atoms with Crippen molar-refractivity contribution < 1.29 is 29.7 Å². The molecule has 0 bridgehead atoms. The van der Waals surface area contributed by atoms with Crippen LogP contribution in [-0.4, -0.2) is 33.2 Å². The number of hydrogen-bond donors (Lipinski definition) is 3. The van der Waals surface area contributed by atoms with Crippen LogP contribution >= 0.6 is 0 Å². The van der Waals surface area contributed by atoms with E-state index >= 15 is 0 Å². The molecule has 0 aromatic carbocycles. The number of allylic oxidation sites excluding steroid dienone is 1. The molecule has 0 saturated heterocycles. The first-order valence-corrected chi connectivity index (χ1v) is 4.62. The highest BCUT2D eigenvalue weighted by Crippen LogP contribution is 1.95. The van der Waals surface area contributed by atoms with Crippen molar-refractivity contribution in [2.75, 3.05) is 0 Å². The van der Waals surface area contributed by atoms with Crippen molar-refractivity contribution in [2.24, 2.45) is 0 Å². The van der Waals surface area contributed by atoms with Crippen LogP contribution in [0.3, 0.4) is 0 Å². The van der Waals surface area contributed by atoms with E-state index in [-0.39, 0.29) is 11.1 Å². The Bertz CT molecular complexity index is 404. The molecule has 19 heavy (non-hydrogen) atoms. The second-order valence-electron chi connectivity index (χ2n) is 2.90. The largest absolute Gasteiger partial charge is 0.481 e. The first-order valence-electron chi connectivity index (χ1n) is 4.62. The highest BCUT2D eigenvalue weighted by Gasteiger charge is 2.07. The lowest BCUT2D eigenvalue weighted by Crippen LogP contribution is -2.04. The first kappa shape index (κ1) is 21.4. The van der Waals surface area contributed by atoms with Gasteiger partial charge in [0, 0.05) is 17.2 Å². The van der Waals surface area contributed by atoms with Crippen molar-refractivity contribution in [1.82, 2.24) is 0 Å². The maximum Gasteiger partial charge on any atom is 0.331 e. The minimum absolute atomic E-state index is 0.176. The van der Waals surface area contributed by atoms with Gasteiger partial charge in [-0.15, -0.1) is 0 Å². The summed E-state index contributed by atoms with van der Waals surface area (Å²) in [6, 6.07) is 1.69. The Hall–Kier alpha value is -2.88. The molecule has 0 heterocycles. The number of nitriles is 1. The number of carbonyl (C=O) groups is 3. The Morgan fingerprint density at radius 1 is 1.16 bits per heavy atom. The Morgan fingerprint density at radius 3 is 1.53 bits per heavy atom. The second kappa shape index (κ2) is 13.2. The molecule has 0 saturated carbocycles. The quantitative estimate of drug-likeness (QED) is 0.519. The molecule has 0 aromatic heterocycles. The summed E-state index contributed by atoms with van der Waals surface area (Å²) in [7, 11) is 0. The van der Waals surface area contributed by atoms with Crippen molar-refractivity contribution >= 4 is 17.9 Å². The van der Waals surface area contributed by atoms with Crippen molar-refractivity contribution in [2.45, 2.75) is 13.3 Å². The van der Waals surface area contributed by atoms with Crippen molar-refractivity contribution in [1.29, 1.82) is 5.26 Å². The van der Waals surface area contributed by atoms with Crippen molar-refractivity contribution in [3.05, 3.63) is 37.0 Å². The van der Waals surface area contributed by atoms with E-state index in [2.05, 4.69) is 19.7 Å². The summed E-state index contributed by atoms with van der Waals surface area (Å²) in [5.74, 6) is -3.38. The van der Waals surface area contributed by atoms with E-state index in [9.17, 15) is 14.4 Å². The summed E-state index contributed by atoms with van der Waals surface area (Å²) in [5, 5.41) is 31.5. The standard InChI is InChI=1S/C5H6O4.C4H6O2.C3H3N/c1-3(5(8)9)2-4(6)7;1-3(2)4(5)6;1-2-3-4/h1-2H2,(H,6,7)(H,8,9);1H2,2H3,(H,5,6);2H,1H2. The lowest BCUT2D eigenvalue weighted by molar-refractivity contribution is -0.139. The van der Waals surface area contributed by atoms with Gasteiger partial charge in [0.25, 0.3) is 0 Å². The molecule has 0 amide bonds. The number of carboxylic acid groups (broad SMARTS) is 3. The summed E-state index contributed by atoms with van der Waals surface area (Å²) in [5.41, 5.74) is -0.127. The monoisotopic (exact) mass is 269 g/mol. The Balaban J connectivity index is -0.000000222. The average Bonchev–Trinajstić information content (AvgIpc) is 2.29. The van der Waals surface area contributed by atoms with Gasteiger partial charge in [0.2, 0.25) is 0 Å². The maximum absolute atomic E-state index is 9.87. The first-order chi connectivity index (χ1) is 8.59. The third-order valence-electron chi connectivity index (χ3n) is 1.12. The molecule has 104 valence electrons. The maximum atomic E-state index is 9.87. The van der Waals surface area contributed by atoms with Crippen LogP contribution in [0.4, 0.5) is 0 Å². The van der Waals surface area contributed by atoms with Crippen LogP contribution < -0.4 is 0 Å². The molecule has 0 fully saturated rings. The van der Waals surface area contributed by atoms with Gasteiger partial charge in [0.1, 0.15) is 0 Å². The number of aliphatic carboxylic acids is 3. The van der Waals surface area contributed by atoms with Gasteiger partial charge in [-0.2, -0.15) is 5.26 Å². The third-order valence-corrected chi connectivity index (χ3v) is 1.12. The highest BCUT2D eigenvalue weighted by atomic mass is 16.4. The number of nitrogens with zero attached hydrogens (tertiary/aromatic N) is 1. The van der Waals surface area contributed by atoms with Crippen LogP contribution in [0.25, 0.3) is 0 Å². The highest BCUT2D eigenvalue weighted by molar-refractivity contribution is 5.91. The fourth-order valence-electron chi connectivity index (χ4n) is 0.258. The molecule has 7 heteroatoms. The van der Waals surface area contributed by atoms with Crippen molar-refractivity contribution in [3.63, 3.8) is 0 Å². The smallest absolute Gasteiger partial charge is 0.331 e. The number of carboxylic acids is 3. The summed E-state index contributed by atoms with van der Waals surface area (Å²) < 4.78 is 0. The fourth-order valence-corrected chi connectivity index (χ4v) is 0.258. The van der Waals surface area contributed by atoms with E-state index < -0.39 is 24.3 Å². The Kier molecular flexibility index (Phi) is 14.9. The molecule has 3 N–H and O–H groups in total. The SMILES string of the molecule is C=C(C)C(=O)O.C=C(CC(=O)O)C(=O)O.C=CC#N. The van der Waals surface area contributed by atoms with Gasteiger partial charge in [-0.25, -0.2) is 9.59 Å². The molecular formula is C12H15NO6. The van der Waals surface area contributed by atoms with Crippen LogP contribution in [0.2, 0.25) is 0 Å². The molecule has 0 rings (SSSR count). The average molecular weight is 269 g/mol. The van der Waals surface area contributed by atoms with Gasteiger partial charge in [0.05, 0.1) is 12.5 Å². The van der Waals surface area contributed by atoms with E-state index in [0.717, 1.165) is 0 Å². The van der Waals surface area contributed by atoms with Gasteiger partial charge >= 0.3 is 17.9 Å². The van der Waals surface area contributed by atoms with Crippen molar-refractivity contribution in [3.8, 4) is 6.07 Å². The zero-order valence-electron chi connectivity index (χ0n) is 10.4. The van der Waals surface area contributed by atoms with Gasteiger partial charge in [-0.05, 0) is 6.92 Å². The molecule has 0 aliphatic rings. The topological polar surface area (TPSA) is 136 Å². The molecule has 0 spiro atoms. The lowest BCUT2D eigenvalue weighted by Gasteiger charge is -1.91. The molecular weight excluding hydrogens is 254 g/mol. The van der Waals surface area contributed by atoms with Crippen LogP contribution in [0.5, 0.6) is 0 Å². The Labute approximate surface area is 110 Å². The van der Waals surface area contributed by atoms with E-state index in [1.807, 2.05) is 0 Å². The minimum atomic E-state index is -1.27. The van der Waals surface area contributed by atoms with Crippen LogP contribution in [0.15, 0.2) is 37.0 Å². The molecule has 0 unspecified atom stereocenters. The summed E-state index contributed by atoms with van der Waals surface area (Å²) in [6.07, 6.45) is 0.676. The predicted molar refractivity (Wildman–Crippen MR) is 67.3 cm³/mol.